The summed E-state index contributed by atoms with van der Waals surface area (Å²) < 4.78 is 34.7. The third kappa shape index (κ3) is 78.7. The fourth-order valence-corrected chi connectivity index (χ4v) is 0. The Labute approximate surface area is 37.9 Å². The standard InChI is InChI=1S/Ac.4O. The van der Waals surface area contributed by atoms with Crippen LogP contribution >= 0.6 is 0 Å². The molecule has 0 saturated carbocycles. The van der Waals surface area contributed by atoms with Gasteiger partial charge >= 0.3 is 38.5 Å². The average molecular weight is 291 g/mol. The first kappa shape index (κ1) is 5.64. The van der Waals surface area contributed by atoms with E-state index in [1.807, 2.05) is 0 Å². The van der Waals surface area contributed by atoms with Gasteiger partial charge in [0.1, 0.15) is 0 Å². The van der Waals surface area contributed by atoms with Crippen LogP contribution in [0.5, 0.6) is 0 Å². The van der Waals surface area contributed by atoms with Crippen molar-refractivity contribution in [2.24, 2.45) is 0 Å². The summed E-state index contributed by atoms with van der Waals surface area (Å²) in [6, 6.07) is 0. The Kier molecular flexibility index (Phi) is 1.57. The predicted octanol–water partition coefficient (Wildman–Crippen LogP) is -0.475. The van der Waals surface area contributed by atoms with Gasteiger partial charge in [0.2, 0.25) is 0 Å². The van der Waals surface area contributed by atoms with E-state index in [4.69, 9.17) is 2.59 Å². The molecule has 0 saturated heterocycles. The van der Waals surface area contributed by atoms with E-state index in [9.17, 15) is 0 Å². The van der Waals surface area contributed by atoms with Gasteiger partial charge in [0.25, 0.3) is 0 Å². The molecule has 4 nitrogen and oxygen atoms in total. The zero-order valence-corrected chi connectivity index (χ0v) is 6.96. The summed E-state index contributed by atoms with van der Waals surface area (Å²) in [6.07, 6.45) is 0. The summed E-state index contributed by atoms with van der Waals surface area (Å²) in [6.45, 7) is 0. The van der Waals surface area contributed by atoms with Crippen LogP contribution in [0.3, 0.4) is 0 Å². The van der Waals surface area contributed by atoms with Gasteiger partial charge in [-0.3, -0.25) is 0 Å². The second kappa shape index (κ2) is 1.40. The van der Waals surface area contributed by atoms with Crippen molar-refractivity contribution in [3.05, 3.63) is 0 Å². The minimum absolute atomic E-state index is 6.38. The summed E-state index contributed by atoms with van der Waals surface area (Å²) in [5, 5.41) is 0. The maximum atomic E-state index is 8.67. The Balaban J connectivity index is 6.05. The summed E-state index contributed by atoms with van der Waals surface area (Å²) in [7, 11) is 0. The van der Waals surface area contributed by atoms with E-state index in [2.05, 4.69) is 0 Å². The van der Waals surface area contributed by atoms with Crippen LogP contribution in [0.25, 0.3) is 0 Å². The van der Waals surface area contributed by atoms with Crippen LogP contribution in [-0.2, 0) is 2.59 Å². The van der Waals surface area contributed by atoms with Crippen LogP contribution in [-0.4, -0.2) is 0 Å². The number of hydrogen-bond donors (Lipinski definition) is 0. The van der Waals surface area contributed by atoms with Crippen molar-refractivity contribution in [1.29, 1.82) is 0 Å². The third-order valence-corrected chi connectivity index (χ3v) is 0. The van der Waals surface area contributed by atoms with Gasteiger partial charge in [0.15, 0.2) is 0 Å². The second-order valence-corrected chi connectivity index (χ2v) is 5.32. The summed E-state index contributed by atoms with van der Waals surface area (Å²) in [5.74, 6) is 0. The van der Waals surface area contributed by atoms with E-state index in [1.165, 1.54) is 0 Å². The van der Waals surface area contributed by atoms with Gasteiger partial charge in [0.05, 0.1) is 0 Å². The van der Waals surface area contributed by atoms with E-state index in [-0.39, 0.29) is 0 Å². The fraction of sp³-hybridized carbons (Fsp3) is 0. The molecule has 0 aliphatic heterocycles. The Bertz CT molecular complexity index is 155. The molecule has 0 bridgehead atoms. The first-order chi connectivity index (χ1) is 2.00. The molecule has 0 N–H and O–H groups in total. The molecular formula is AcO4. The Hall–Kier alpha value is 0.642. The van der Waals surface area contributed by atoms with Crippen molar-refractivity contribution < 1.29 is 38.5 Å². The zero-order chi connectivity index (χ0) is 4.50. The molecule has 0 unspecified atom stereocenters. The predicted molar refractivity (Wildman–Crippen MR) is 2.75 cm³/mol. The number of hydrogen-bond acceptors (Lipinski definition) is 4. The molecule has 0 aromatic heterocycles. The van der Waals surface area contributed by atoms with Crippen molar-refractivity contribution in [2.75, 3.05) is 0 Å². The molecule has 0 aliphatic rings. The van der Waals surface area contributed by atoms with Crippen molar-refractivity contribution in [3.63, 3.8) is 0 Å². The third-order valence-electron chi connectivity index (χ3n) is 0. The maximum absolute atomic E-state index is 8.67. The van der Waals surface area contributed by atoms with Crippen LogP contribution < -0.4 is 0 Å². The van der Waals surface area contributed by atoms with Gasteiger partial charge in [-0.25, -0.2) is 0 Å². The Morgan fingerprint density at radius 3 is 0.800 bits per heavy atom. The van der Waals surface area contributed by atoms with Crippen molar-refractivity contribution >= 4 is 0 Å². The molecule has 5 heavy (non-hydrogen) atoms. The number of rotatable bonds is 0. The molecule has 0 amide bonds. The summed E-state index contributed by atoms with van der Waals surface area (Å²) in [4.78, 5) is 0. The van der Waals surface area contributed by atoms with Gasteiger partial charge in [-0.05, 0) is 0 Å². The van der Waals surface area contributed by atoms with E-state index >= 15 is 0 Å². The molecule has 0 radical (unpaired) electrons. The second-order valence-electron chi connectivity index (χ2n) is 0.577. The first-order valence-electron chi connectivity index (χ1n) is 0.943. The van der Waals surface area contributed by atoms with Crippen LogP contribution in [0.4, 0.5) is 0 Å². The normalized spacial score (nSPS) is 11.2. The minimum atomic E-state index is -6.38. The molecule has 0 atom stereocenters. The van der Waals surface area contributed by atoms with E-state index in [0.717, 1.165) is 0 Å². The van der Waals surface area contributed by atoms with Gasteiger partial charge in [-0.15, -0.1) is 0 Å². The Morgan fingerprint density at radius 2 is 0.800 bits per heavy atom. The van der Waals surface area contributed by atoms with Crippen molar-refractivity contribution in [2.45, 2.75) is 0 Å². The SMILES string of the molecule is [O]=[Ac](=[O])(=[O])=[O]. The average Bonchev–Trinajstić information content (AvgIpc) is 0.722. The first-order valence-corrected chi connectivity index (χ1v) is 8.69. The van der Waals surface area contributed by atoms with Crippen LogP contribution in [0.2, 0.25) is 0 Å². The van der Waals surface area contributed by atoms with E-state index < -0.39 is 35.9 Å². The van der Waals surface area contributed by atoms with Gasteiger partial charge in [-0.1, -0.05) is 0 Å². The molecule has 27 valence electrons. The van der Waals surface area contributed by atoms with E-state index in [1.54, 1.807) is 0 Å². The van der Waals surface area contributed by atoms with Crippen molar-refractivity contribution in [1.82, 2.24) is 0 Å². The summed E-state index contributed by atoms with van der Waals surface area (Å²) >= 11 is -6.38. The molecular weight excluding hydrogens is 291 g/mol. The van der Waals surface area contributed by atoms with Gasteiger partial charge in [0, 0.05) is 0 Å². The fourth-order valence-electron chi connectivity index (χ4n) is 0. The monoisotopic (exact) mass is 291 g/mol. The molecule has 5 heteroatoms. The van der Waals surface area contributed by atoms with Crippen LogP contribution in [0.1, 0.15) is 0 Å². The molecule has 0 aromatic carbocycles. The van der Waals surface area contributed by atoms with Crippen LogP contribution in [0, 0.1) is 35.9 Å². The Morgan fingerprint density at radius 1 is 0.800 bits per heavy atom. The molecule has 0 heterocycles. The molecule has 0 spiro atoms. The zero-order valence-electron chi connectivity index (χ0n) is 2.21. The molecule has 0 fully saturated rings. The topological polar surface area (TPSA) is 68.3 Å². The quantitative estimate of drug-likeness (QED) is 0.605. The molecule has 0 aliphatic carbocycles. The summed E-state index contributed by atoms with van der Waals surface area (Å²) in [5.41, 5.74) is 0. The molecule has 0 rings (SSSR count). The van der Waals surface area contributed by atoms with Gasteiger partial charge < -0.3 is 0 Å². The van der Waals surface area contributed by atoms with E-state index in [0.29, 0.717) is 0 Å². The molecule has 0 aromatic rings. The van der Waals surface area contributed by atoms with Crippen molar-refractivity contribution in [3.8, 4) is 0 Å². The van der Waals surface area contributed by atoms with Gasteiger partial charge in [-0.2, -0.15) is 0 Å². The van der Waals surface area contributed by atoms with Crippen LogP contribution in [0.15, 0.2) is 0 Å².